The zero-order chi connectivity index (χ0) is 26.1. The summed E-state index contributed by atoms with van der Waals surface area (Å²) in [4.78, 5) is 45.0. The maximum absolute atomic E-state index is 13.0. The molecule has 36 heavy (non-hydrogen) atoms. The Morgan fingerprint density at radius 2 is 1.94 bits per heavy atom. The summed E-state index contributed by atoms with van der Waals surface area (Å²) >= 11 is 0. The van der Waals surface area contributed by atoms with Gasteiger partial charge in [-0.1, -0.05) is 30.3 Å². The Bertz CT molecular complexity index is 1030. The number of nitrogens with zero attached hydrogens (tertiary/aromatic N) is 2. The lowest BCUT2D eigenvalue weighted by Gasteiger charge is -2.32. The highest BCUT2D eigenvalue weighted by molar-refractivity contribution is 5.90. The second kappa shape index (κ2) is 13.3. The first-order valence-corrected chi connectivity index (χ1v) is 12.9. The molecule has 1 aromatic heterocycles. The third-order valence-electron chi connectivity index (χ3n) is 6.89. The lowest BCUT2D eigenvalue weighted by atomic mass is 9.96. The molecule has 2 aromatic rings. The summed E-state index contributed by atoms with van der Waals surface area (Å²) in [6.07, 6.45) is 2.52. The normalized spacial score (nSPS) is 15.7. The van der Waals surface area contributed by atoms with Crippen molar-refractivity contribution in [2.24, 2.45) is 5.92 Å². The minimum Gasteiger partial charge on any atom is -0.461 e. The van der Waals surface area contributed by atoms with Crippen molar-refractivity contribution in [1.82, 2.24) is 20.1 Å². The van der Waals surface area contributed by atoms with Crippen LogP contribution in [0.4, 0.5) is 0 Å². The van der Waals surface area contributed by atoms with Gasteiger partial charge >= 0.3 is 5.97 Å². The minimum atomic E-state index is -0.369. The van der Waals surface area contributed by atoms with Gasteiger partial charge in [-0.2, -0.15) is 0 Å². The number of benzene rings is 1. The molecule has 1 fully saturated rings. The summed E-state index contributed by atoms with van der Waals surface area (Å²) in [7, 11) is 2.05. The average molecular weight is 497 g/mol. The second-order valence-electron chi connectivity index (χ2n) is 9.64. The van der Waals surface area contributed by atoms with E-state index in [-0.39, 0.29) is 23.7 Å². The Labute approximate surface area is 214 Å². The van der Waals surface area contributed by atoms with Crippen LogP contribution in [0.3, 0.4) is 0 Å². The predicted molar refractivity (Wildman–Crippen MR) is 140 cm³/mol. The van der Waals surface area contributed by atoms with Gasteiger partial charge in [-0.15, -0.1) is 0 Å². The molecule has 0 radical (unpaired) electrons. The summed E-state index contributed by atoms with van der Waals surface area (Å²) in [6, 6.07) is 10.3. The van der Waals surface area contributed by atoms with Gasteiger partial charge in [0.15, 0.2) is 0 Å². The van der Waals surface area contributed by atoms with E-state index in [0.717, 1.165) is 42.8 Å². The van der Waals surface area contributed by atoms with Crippen molar-refractivity contribution < 1.29 is 19.1 Å². The first kappa shape index (κ1) is 27.5. The number of carbonyl (C=O) groups excluding carboxylic acids is 3. The zero-order valence-electron chi connectivity index (χ0n) is 22.1. The third kappa shape index (κ3) is 7.43. The number of likely N-dealkylation sites (N-methyl/N-ethyl adjacent to an activating group) is 1. The van der Waals surface area contributed by atoms with Gasteiger partial charge in [0.2, 0.25) is 11.8 Å². The highest BCUT2D eigenvalue weighted by Gasteiger charge is 2.28. The Balaban J connectivity index is 1.44. The van der Waals surface area contributed by atoms with Gasteiger partial charge in [0, 0.05) is 44.8 Å². The van der Waals surface area contributed by atoms with Crippen LogP contribution < -0.4 is 5.32 Å². The molecule has 1 aliphatic rings. The number of aryl methyl sites for hydroxylation is 1. The molecule has 2 N–H and O–H groups in total. The van der Waals surface area contributed by atoms with Crippen LogP contribution >= 0.6 is 0 Å². The molecule has 196 valence electrons. The molecular weight excluding hydrogens is 456 g/mol. The Hall–Kier alpha value is -3.13. The summed E-state index contributed by atoms with van der Waals surface area (Å²) in [5.74, 6) is -0.468. The SMILES string of the molecule is CCOC(=O)c1[nH]c(C)c(CCC(=O)N2CCC[C@H](C(=O)NCCN(C)Cc3ccccc3)C2)c1C. The van der Waals surface area contributed by atoms with Gasteiger partial charge in [0.1, 0.15) is 5.69 Å². The molecule has 3 rings (SSSR count). The van der Waals surface area contributed by atoms with Crippen molar-refractivity contribution in [3.63, 3.8) is 0 Å². The van der Waals surface area contributed by atoms with E-state index in [9.17, 15) is 14.4 Å². The monoisotopic (exact) mass is 496 g/mol. The van der Waals surface area contributed by atoms with E-state index in [2.05, 4.69) is 27.3 Å². The van der Waals surface area contributed by atoms with Crippen LogP contribution in [0.15, 0.2) is 30.3 Å². The molecule has 1 saturated heterocycles. The number of amides is 2. The topological polar surface area (TPSA) is 94.7 Å². The highest BCUT2D eigenvalue weighted by atomic mass is 16.5. The molecule has 0 aliphatic carbocycles. The number of hydrogen-bond acceptors (Lipinski definition) is 5. The Morgan fingerprint density at radius 3 is 2.67 bits per heavy atom. The molecule has 0 spiro atoms. The number of ether oxygens (including phenoxy) is 1. The van der Waals surface area contributed by atoms with Crippen LogP contribution in [-0.2, 0) is 27.3 Å². The van der Waals surface area contributed by atoms with E-state index >= 15 is 0 Å². The van der Waals surface area contributed by atoms with Crippen LogP contribution in [0.2, 0.25) is 0 Å². The molecule has 0 unspecified atom stereocenters. The highest BCUT2D eigenvalue weighted by Crippen LogP contribution is 2.22. The fraction of sp³-hybridized carbons (Fsp3) is 0.536. The standard InChI is InChI=1S/C28H40N4O4/c1-5-36-28(35)26-20(2)24(21(3)30-26)13-14-25(33)32-16-9-12-23(19-32)27(34)29-15-17-31(4)18-22-10-7-6-8-11-22/h6-8,10-11,23,30H,5,9,12-19H2,1-4H3,(H,29,34)/t23-/m0/s1. The fourth-order valence-electron chi connectivity index (χ4n) is 4.87. The average Bonchev–Trinajstić information content (AvgIpc) is 3.16. The molecule has 8 nitrogen and oxygen atoms in total. The van der Waals surface area contributed by atoms with E-state index in [0.29, 0.717) is 44.8 Å². The molecule has 2 heterocycles. The number of piperidine rings is 1. The summed E-state index contributed by atoms with van der Waals surface area (Å²) in [5, 5.41) is 3.06. The fourth-order valence-corrected chi connectivity index (χ4v) is 4.87. The predicted octanol–water partition coefficient (Wildman–Crippen LogP) is 3.23. The van der Waals surface area contributed by atoms with Gasteiger partial charge in [-0.25, -0.2) is 4.79 Å². The lowest BCUT2D eigenvalue weighted by molar-refractivity contribution is -0.135. The molecule has 1 atom stereocenters. The van der Waals surface area contributed by atoms with Crippen molar-refractivity contribution in [3.8, 4) is 0 Å². The molecular formula is C28H40N4O4. The molecule has 0 saturated carbocycles. The van der Waals surface area contributed by atoms with E-state index < -0.39 is 0 Å². The van der Waals surface area contributed by atoms with Crippen molar-refractivity contribution in [3.05, 3.63) is 58.4 Å². The van der Waals surface area contributed by atoms with Crippen molar-refractivity contribution in [2.45, 2.75) is 53.0 Å². The number of likely N-dealkylation sites (tertiary alicyclic amines) is 1. The first-order valence-electron chi connectivity index (χ1n) is 12.9. The quantitative estimate of drug-likeness (QED) is 0.466. The largest absolute Gasteiger partial charge is 0.461 e. The van der Waals surface area contributed by atoms with Crippen LogP contribution in [0.1, 0.15) is 59.1 Å². The van der Waals surface area contributed by atoms with Crippen LogP contribution in [-0.4, -0.2) is 72.4 Å². The maximum atomic E-state index is 13.0. The smallest absolute Gasteiger partial charge is 0.355 e. The minimum absolute atomic E-state index is 0.0250. The number of esters is 1. The first-order chi connectivity index (χ1) is 17.3. The van der Waals surface area contributed by atoms with Gasteiger partial charge in [-0.3, -0.25) is 9.59 Å². The number of nitrogens with one attached hydrogen (secondary N) is 2. The Morgan fingerprint density at radius 1 is 1.19 bits per heavy atom. The molecule has 8 heteroatoms. The summed E-state index contributed by atoms with van der Waals surface area (Å²) < 4.78 is 5.11. The van der Waals surface area contributed by atoms with Crippen molar-refractivity contribution >= 4 is 17.8 Å². The number of carbonyl (C=O) groups is 3. The van der Waals surface area contributed by atoms with Gasteiger partial charge in [-0.05, 0) is 63.8 Å². The van der Waals surface area contributed by atoms with E-state index in [4.69, 9.17) is 4.74 Å². The number of aromatic nitrogens is 1. The lowest BCUT2D eigenvalue weighted by Crippen LogP contribution is -2.46. The van der Waals surface area contributed by atoms with E-state index in [1.54, 1.807) is 6.92 Å². The number of hydrogen-bond donors (Lipinski definition) is 2. The van der Waals surface area contributed by atoms with Gasteiger partial charge < -0.3 is 24.8 Å². The van der Waals surface area contributed by atoms with Crippen LogP contribution in [0, 0.1) is 19.8 Å². The summed E-state index contributed by atoms with van der Waals surface area (Å²) in [6.45, 7) is 9.22. The second-order valence-corrected chi connectivity index (χ2v) is 9.64. The number of H-pyrrole nitrogens is 1. The molecule has 2 amide bonds. The Kier molecular flexibility index (Phi) is 10.1. The summed E-state index contributed by atoms with van der Waals surface area (Å²) in [5.41, 5.74) is 4.41. The van der Waals surface area contributed by atoms with Gasteiger partial charge in [0.05, 0.1) is 12.5 Å². The number of aromatic amines is 1. The zero-order valence-corrected chi connectivity index (χ0v) is 22.1. The van der Waals surface area contributed by atoms with E-state index in [1.165, 1.54) is 5.56 Å². The van der Waals surface area contributed by atoms with Crippen LogP contribution in [0.25, 0.3) is 0 Å². The maximum Gasteiger partial charge on any atom is 0.355 e. The third-order valence-corrected chi connectivity index (χ3v) is 6.89. The molecule has 1 aliphatic heterocycles. The molecule has 0 bridgehead atoms. The van der Waals surface area contributed by atoms with Gasteiger partial charge in [0.25, 0.3) is 0 Å². The van der Waals surface area contributed by atoms with Crippen LogP contribution in [0.5, 0.6) is 0 Å². The molecule has 1 aromatic carbocycles. The number of rotatable bonds is 11. The van der Waals surface area contributed by atoms with Crippen molar-refractivity contribution in [2.75, 3.05) is 39.8 Å². The van der Waals surface area contributed by atoms with Crippen molar-refractivity contribution in [1.29, 1.82) is 0 Å². The van der Waals surface area contributed by atoms with E-state index in [1.807, 2.05) is 44.0 Å².